The number of aryl methyl sites for hydroxylation is 1. The lowest BCUT2D eigenvalue weighted by atomic mass is 9.98. The van der Waals surface area contributed by atoms with Gasteiger partial charge in [0.15, 0.2) is 0 Å². The highest BCUT2D eigenvalue weighted by atomic mass is 16.3. The molecule has 1 heterocycles. The summed E-state index contributed by atoms with van der Waals surface area (Å²) in [6, 6.07) is -0.0152. The van der Waals surface area contributed by atoms with Crippen LogP contribution in [0.15, 0.2) is 11.0 Å². The van der Waals surface area contributed by atoms with Gasteiger partial charge in [0, 0.05) is 31.0 Å². The summed E-state index contributed by atoms with van der Waals surface area (Å²) >= 11 is 0. The van der Waals surface area contributed by atoms with E-state index >= 15 is 0 Å². The predicted molar refractivity (Wildman–Crippen MR) is 67.1 cm³/mol. The number of nitrogens with zero attached hydrogens (tertiary/aromatic N) is 2. The molecule has 1 aromatic rings. The average Bonchev–Trinajstić information content (AvgIpc) is 2.76. The zero-order valence-corrected chi connectivity index (χ0v) is 10.4. The van der Waals surface area contributed by atoms with Gasteiger partial charge in [-0.05, 0) is 31.6 Å². The Labute approximate surface area is 105 Å². The molecule has 6 heteroatoms. The van der Waals surface area contributed by atoms with Crippen LogP contribution in [-0.2, 0) is 0 Å². The van der Waals surface area contributed by atoms with E-state index < -0.39 is 0 Å². The summed E-state index contributed by atoms with van der Waals surface area (Å²) in [5.74, 6) is 0.348. The van der Waals surface area contributed by atoms with Gasteiger partial charge in [0.2, 0.25) is 0 Å². The van der Waals surface area contributed by atoms with E-state index in [2.05, 4.69) is 4.98 Å². The molecule has 0 aromatic carbocycles. The molecular formula is C12H19N3O3. The summed E-state index contributed by atoms with van der Waals surface area (Å²) < 4.78 is 1.57. The molecule has 0 spiro atoms. The van der Waals surface area contributed by atoms with E-state index in [0.29, 0.717) is 12.8 Å². The number of hydrogen-bond acceptors (Lipinski definition) is 5. The van der Waals surface area contributed by atoms with E-state index in [1.165, 1.54) is 0 Å². The molecule has 0 amide bonds. The normalized spacial score (nSPS) is 24.6. The lowest BCUT2D eigenvalue weighted by Gasteiger charge is -2.14. The van der Waals surface area contributed by atoms with Crippen molar-refractivity contribution in [1.82, 2.24) is 9.55 Å². The van der Waals surface area contributed by atoms with E-state index in [0.717, 1.165) is 5.56 Å². The second-order valence-electron chi connectivity index (χ2n) is 5.01. The van der Waals surface area contributed by atoms with Gasteiger partial charge in [-0.1, -0.05) is 0 Å². The largest absolute Gasteiger partial charge is 0.396 e. The van der Waals surface area contributed by atoms with Crippen molar-refractivity contribution < 1.29 is 10.2 Å². The Morgan fingerprint density at radius 1 is 1.39 bits per heavy atom. The maximum atomic E-state index is 11.8. The Kier molecular flexibility index (Phi) is 3.68. The topological polar surface area (TPSA) is 101 Å². The molecule has 0 unspecified atom stereocenters. The van der Waals surface area contributed by atoms with Gasteiger partial charge in [-0.3, -0.25) is 4.57 Å². The molecule has 1 aliphatic rings. The number of aliphatic hydroxyl groups is 2. The number of hydrogen-bond donors (Lipinski definition) is 3. The van der Waals surface area contributed by atoms with Gasteiger partial charge < -0.3 is 15.9 Å². The fraction of sp³-hybridized carbons (Fsp3) is 0.667. The van der Waals surface area contributed by atoms with Crippen LogP contribution >= 0.6 is 0 Å². The van der Waals surface area contributed by atoms with E-state index in [1.54, 1.807) is 17.7 Å². The van der Waals surface area contributed by atoms with Gasteiger partial charge in [0.1, 0.15) is 5.82 Å². The highest BCUT2D eigenvalue weighted by Crippen LogP contribution is 2.38. The Bertz CT molecular complexity index is 474. The second-order valence-corrected chi connectivity index (χ2v) is 5.01. The van der Waals surface area contributed by atoms with Gasteiger partial charge >= 0.3 is 5.69 Å². The third-order valence-corrected chi connectivity index (χ3v) is 3.85. The Morgan fingerprint density at radius 2 is 1.94 bits per heavy atom. The fourth-order valence-corrected chi connectivity index (χ4v) is 2.69. The van der Waals surface area contributed by atoms with Crippen LogP contribution in [0.25, 0.3) is 0 Å². The highest BCUT2D eigenvalue weighted by molar-refractivity contribution is 5.35. The van der Waals surface area contributed by atoms with Gasteiger partial charge in [0.05, 0.1) is 0 Å². The molecule has 1 saturated carbocycles. The van der Waals surface area contributed by atoms with Gasteiger partial charge in [-0.2, -0.15) is 4.98 Å². The molecule has 4 N–H and O–H groups in total. The lowest BCUT2D eigenvalue weighted by molar-refractivity contribution is 0.141. The molecule has 0 bridgehead atoms. The fourth-order valence-electron chi connectivity index (χ4n) is 2.69. The van der Waals surface area contributed by atoms with Crippen molar-refractivity contribution in [2.24, 2.45) is 11.8 Å². The number of nitrogen functional groups attached to an aromatic ring is 1. The number of aliphatic hydroxyl groups excluding tert-OH is 2. The molecule has 2 atom stereocenters. The predicted octanol–water partition coefficient (Wildman–Crippen LogP) is -0.314. The molecule has 2 rings (SSSR count). The quantitative estimate of drug-likeness (QED) is 0.685. The molecule has 100 valence electrons. The standard InChI is InChI=1S/C12H19N3O3/c1-7-4-15(12(18)14-11(7)13)10-2-8(5-16)9(3-10)6-17/h4,8-10,16-17H,2-3,5-6H2,1H3,(H2,13,14,18)/t8-,9-/m1/s1. The van der Waals surface area contributed by atoms with Crippen molar-refractivity contribution in [2.75, 3.05) is 18.9 Å². The Hall–Kier alpha value is -1.40. The van der Waals surface area contributed by atoms with Crippen LogP contribution in [0.5, 0.6) is 0 Å². The van der Waals surface area contributed by atoms with E-state index in [9.17, 15) is 15.0 Å². The highest BCUT2D eigenvalue weighted by Gasteiger charge is 2.34. The first-order valence-electron chi connectivity index (χ1n) is 6.13. The van der Waals surface area contributed by atoms with Crippen molar-refractivity contribution in [1.29, 1.82) is 0 Å². The first kappa shape index (κ1) is 13.0. The summed E-state index contributed by atoms with van der Waals surface area (Å²) in [6.07, 6.45) is 3.09. The van der Waals surface area contributed by atoms with Gasteiger partial charge in [-0.15, -0.1) is 0 Å². The summed E-state index contributed by atoms with van der Waals surface area (Å²) in [6.45, 7) is 1.88. The van der Waals surface area contributed by atoms with Crippen LogP contribution in [0.3, 0.4) is 0 Å². The van der Waals surface area contributed by atoms with Gasteiger partial charge in [0.25, 0.3) is 0 Å². The first-order chi connectivity index (χ1) is 8.56. The summed E-state index contributed by atoms with van der Waals surface area (Å²) in [5, 5.41) is 18.5. The van der Waals surface area contributed by atoms with Crippen LogP contribution in [-0.4, -0.2) is 33.0 Å². The third kappa shape index (κ3) is 2.26. The van der Waals surface area contributed by atoms with Crippen molar-refractivity contribution in [3.8, 4) is 0 Å². The smallest absolute Gasteiger partial charge is 0.349 e. The van der Waals surface area contributed by atoms with E-state index in [4.69, 9.17) is 5.73 Å². The minimum Gasteiger partial charge on any atom is -0.396 e. The minimum atomic E-state index is -0.363. The van der Waals surface area contributed by atoms with Crippen LogP contribution in [0.4, 0.5) is 5.82 Å². The number of nitrogens with two attached hydrogens (primary N) is 1. The first-order valence-corrected chi connectivity index (χ1v) is 6.13. The summed E-state index contributed by atoms with van der Waals surface area (Å²) in [4.78, 5) is 15.6. The second kappa shape index (κ2) is 5.07. The molecule has 0 saturated heterocycles. The van der Waals surface area contributed by atoms with Crippen LogP contribution < -0.4 is 11.4 Å². The van der Waals surface area contributed by atoms with Crippen LogP contribution in [0, 0.1) is 18.8 Å². The molecule has 6 nitrogen and oxygen atoms in total. The summed E-state index contributed by atoms with van der Waals surface area (Å²) in [7, 11) is 0. The minimum absolute atomic E-state index is 0.0152. The monoisotopic (exact) mass is 253 g/mol. The van der Waals surface area contributed by atoms with Gasteiger partial charge in [-0.25, -0.2) is 4.79 Å². The molecule has 18 heavy (non-hydrogen) atoms. The van der Waals surface area contributed by atoms with Crippen molar-refractivity contribution >= 4 is 5.82 Å². The molecule has 0 aliphatic heterocycles. The number of anilines is 1. The number of aromatic nitrogens is 2. The van der Waals surface area contributed by atoms with Crippen molar-refractivity contribution in [3.05, 3.63) is 22.2 Å². The molecule has 1 aromatic heterocycles. The Balaban J connectivity index is 2.28. The third-order valence-electron chi connectivity index (χ3n) is 3.85. The van der Waals surface area contributed by atoms with Crippen molar-refractivity contribution in [2.45, 2.75) is 25.8 Å². The zero-order valence-electron chi connectivity index (χ0n) is 10.4. The summed E-state index contributed by atoms with van der Waals surface area (Å²) in [5.41, 5.74) is 5.99. The maximum absolute atomic E-state index is 11.8. The Morgan fingerprint density at radius 3 is 2.44 bits per heavy atom. The van der Waals surface area contributed by atoms with Crippen LogP contribution in [0.2, 0.25) is 0 Å². The molecule has 1 fully saturated rings. The maximum Gasteiger partial charge on any atom is 0.349 e. The number of rotatable bonds is 3. The van der Waals surface area contributed by atoms with Crippen molar-refractivity contribution in [3.63, 3.8) is 0 Å². The SMILES string of the molecule is Cc1cn(C2C[C@H](CO)[C@@H](CO)C2)c(=O)nc1N. The van der Waals surface area contributed by atoms with Crippen LogP contribution in [0.1, 0.15) is 24.4 Å². The molecule has 0 radical (unpaired) electrons. The lowest BCUT2D eigenvalue weighted by Crippen LogP contribution is -2.27. The average molecular weight is 253 g/mol. The van der Waals surface area contributed by atoms with E-state index in [1.807, 2.05) is 0 Å². The van der Waals surface area contributed by atoms with E-state index in [-0.39, 0.29) is 42.6 Å². The molecular weight excluding hydrogens is 234 g/mol. The molecule has 1 aliphatic carbocycles. The zero-order chi connectivity index (χ0) is 13.3.